The van der Waals surface area contributed by atoms with E-state index in [1.165, 1.54) is 27.6 Å². The number of hydrogen-bond donors (Lipinski definition) is 5. The minimum Gasteiger partial charge on any atom is -0.444 e. The van der Waals surface area contributed by atoms with Crippen molar-refractivity contribution in [1.82, 2.24) is 41.5 Å². The Hall–Kier alpha value is -5.35. The van der Waals surface area contributed by atoms with Crippen molar-refractivity contribution in [3.05, 3.63) is 104 Å². The van der Waals surface area contributed by atoms with Gasteiger partial charge in [-0.25, -0.2) is 19.4 Å². The van der Waals surface area contributed by atoms with Gasteiger partial charge in [-0.05, 0) is 36.8 Å². The summed E-state index contributed by atoms with van der Waals surface area (Å²) in [6.45, 7) is 4.23. The minimum atomic E-state index is -1.32. The third-order valence-corrected chi connectivity index (χ3v) is 10.8. The lowest BCUT2D eigenvalue weighted by Gasteiger charge is -2.32. The Bertz CT molecular complexity index is 1840. The highest BCUT2D eigenvalue weighted by atomic mass is 32.1. The van der Waals surface area contributed by atoms with Crippen LogP contribution in [0.25, 0.3) is 0 Å². The normalized spacial score (nSPS) is 15.7. The van der Waals surface area contributed by atoms with Gasteiger partial charge in [0, 0.05) is 43.2 Å². The number of carbonyl (C=O) groups is 5. The highest BCUT2D eigenvalue weighted by Crippen LogP contribution is 2.20. The summed E-state index contributed by atoms with van der Waals surface area (Å²) in [6, 6.07) is 16.0. The average molecular weight is 775 g/mol. The number of rotatable bonds is 17. The van der Waals surface area contributed by atoms with Crippen LogP contribution in [-0.4, -0.2) is 76.6 Å². The second kappa shape index (κ2) is 19.6. The van der Waals surface area contributed by atoms with E-state index in [0.717, 1.165) is 21.0 Å². The number of ether oxygens (including phenoxy) is 1. The molecule has 0 bridgehead atoms. The summed E-state index contributed by atoms with van der Waals surface area (Å²) in [5.74, 6) is -2.09. The van der Waals surface area contributed by atoms with Gasteiger partial charge in [-0.3, -0.25) is 19.9 Å². The van der Waals surface area contributed by atoms with Gasteiger partial charge in [0.1, 0.15) is 12.6 Å². The molecule has 4 aromatic rings. The van der Waals surface area contributed by atoms with Crippen LogP contribution < -0.4 is 26.6 Å². The predicted octanol–water partition coefficient (Wildman–Crippen LogP) is 4.73. The molecule has 1 unspecified atom stereocenters. The van der Waals surface area contributed by atoms with Crippen LogP contribution in [0.15, 0.2) is 77.8 Å². The number of carbonyl (C=O) groups excluding carboxylic acids is 5. The van der Waals surface area contributed by atoms with E-state index >= 15 is 0 Å². The fourth-order valence-corrected chi connectivity index (χ4v) is 7.31. The summed E-state index contributed by atoms with van der Waals surface area (Å²) >= 11 is 2.91. The Labute approximate surface area is 322 Å². The van der Waals surface area contributed by atoms with Crippen LogP contribution >= 0.6 is 22.7 Å². The van der Waals surface area contributed by atoms with E-state index in [4.69, 9.17) is 4.74 Å². The molecule has 16 heteroatoms. The monoisotopic (exact) mass is 774 g/mol. The molecule has 7 amide bonds. The first-order chi connectivity index (χ1) is 26.0. The zero-order chi connectivity index (χ0) is 38.5. The first-order valence-corrected chi connectivity index (χ1v) is 19.5. The molecule has 4 atom stereocenters. The van der Waals surface area contributed by atoms with Crippen molar-refractivity contribution in [3.8, 4) is 0 Å². The highest BCUT2D eigenvalue weighted by Gasteiger charge is 2.39. The molecule has 5 rings (SSSR count). The Balaban J connectivity index is 1.32. The molecule has 0 aliphatic carbocycles. The standard InChI is InChI=1S/C38H46N8O6S2/c1-24(2)35-42-29(22-53-35)20-46(3)37(50)44-32(31-19-40-36(49)45-33(31)47)34(48)41-27(16-25-10-6-4-7-11-25)14-15-28(17-26-12-8-5-9-13-26)43-38(51)52-21-30-18-39-23-54-30/h4-13,18,22-24,27-28,31-32H,14-17,19-21H2,1-3H3,(H,41,48)(H,43,51)(H,44,50)(H2,40,45,47,49)/t27-,28-,31?,32+/m1/s1. The first kappa shape index (κ1) is 39.8. The molecule has 5 N–H and O–H groups in total. The van der Waals surface area contributed by atoms with Gasteiger partial charge in [-0.15, -0.1) is 22.7 Å². The maximum absolute atomic E-state index is 14.2. The molecular weight excluding hydrogens is 729 g/mol. The molecule has 54 heavy (non-hydrogen) atoms. The summed E-state index contributed by atoms with van der Waals surface area (Å²) in [4.78, 5) is 76.6. The fraction of sp³-hybridized carbons (Fsp3) is 0.395. The van der Waals surface area contributed by atoms with Gasteiger partial charge in [-0.2, -0.15) is 0 Å². The van der Waals surface area contributed by atoms with Gasteiger partial charge in [-0.1, -0.05) is 74.5 Å². The largest absolute Gasteiger partial charge is 0.444 e. The van der Waals surface area contributed by atoms with Gasteiger partial charge in [0.05, 0.1) is 33.6 Å². The zero-order valence-electron chi connectivity index (χ0n) is 30.4. The number of imide groups is 1. The van der Waals surface area contributed by atoms with E-state index in [2.05, 4.69) is 36.6 Å². The lowest BCUT2D eigenvalue weighted by molar-refractivity contribution is -0.132. The van der Waals surface area contributed by atoms with Crippen LogP contribution in [0.1, 0.15) is 59.3 Å². The number of hydrogen-bond acceptors (Lipinski definition) is 10. The molecule has 14 nitrogen and oxygen atoms in total. The summed E-state index contributed by atoms with van der Waals surface area (Å²) in [6.07, 6.45) is 2.95. The van der Waals surface area contributed by atoms with Gasteiger partial charge in [0.15, 0.2) is 0 Å². The summed E-state index contributed by atoms with van der Waals surface area (Å²) in [5, 5.41) is 16.5. The van der Waals surface area contributed by atoms with Crippen molar-refractivity contribution in [1.29, 1.82) is 0 Å². The fourth-order valence-electron chi connectivity index (χ4n) is 5.98. The van der Waals surface area contributed by atoms with Crippen LogP contribution in [0, 0.1) is 5.92 Å². The van der Waals surface area contributed by atoms with E-state index < -0.39 is 48.0 Å². The smallest absolute Gasteiger partial charge is 0.407 e. The SMILES string of the molecule is CC(C)c1nc(CN(C)C(=O)N[C@H](C(=O)N[C@H](CC[C@H](Cc2ccccc2)NC(=O)OCc2cncs2)Cc2ccccc2)C2CNC(=O)NC2=O)cs1. The number of aromatic nitrogens is 2. The topological polar surface area (TPSA) is 184 Å². The van der Waals surface area contributed by atoms with E-state index in [1.54, 1.807) is 18.8 Å². The molecule has 1 aliphatic heterocycles. The van der Waals surface area contributed by atoms with Crippen molar-refractivity contribution in [3.63, 3.8) is 0 Å². The summed E-state index contributed by atoms with van der Waals surface area (Å²) < 4.78 is 5.48. The first-order valence-electron chi connectivity index (χ1n) is 17.8. The molecule has 1 saturated heterocycles. The van der Waals surface area contributed by atoms with Crippen LogP contribution in [0.2, 0.25) is 0 Å². The molecule has 1 aliphatic rings. The highest BCUT2D eigenvalue weighted by molar-refractivity contribution is 7.09. The number of nitrogens with one attached hydrogen (secondary N) is 5. The number of nitrogens with zero attached hydrogens (tertiary/aromatic N) is 3. The van der Waals surface area contributed by atoms with Crippen molar-refractivity contribution in [2.24, 2.45) is 5.92 Å². The van der Waals surface area contributed by atoms with Crippen molar-refractivity contribution in [2.45, 2.75) is 76.7 Å². The van der Waals surface area contributed by atoms with Crippen molar-refractivity contribution < 1.29 is 28.7 Å². The number of alkyl carbamates (subject to hydrolysis) is 1. The number of urea groups is 2. The second-order valence-corrected chi connectivity index (χ2v) is 15.3. The average Bonchev–Trinajstić information content (AvgIpc) is 3.86. The van der Waals surface area contributed by atoms with E-state index in [1.807, 2.05) is 79.9 Å². The molecule has 1 fully saturated rings. The predicted molar refractivity (Wildman–Crippen MR) is 206 cm³/mol. The van der Waals surface area contributed by atoms with E-state index in [9.17, 15) is 24.0 Å². The lowest BCUT2D eigenvalue weighted by atomic mass is 9.93. The number of amides is 7. The maximum Gasteiger partial charge on any atom is 0.407 e. The van der Waals surface area contributed by atoms with Gasteiger partial charge < -0.3 is 30.9 Å². The third kappa shape index (κ3) is 12.1. The summed E-state index contributed by atoms with van der Waals surface area (Å²) in [7, 11) is 1.59. The van der Waals surface area contributed by atoms with Crippen LogP contribution in [0.4, 0.5) is 14.4 Å². The minimum absolute atomic E-state index is 0.0987. The van der Waals surface area contributed by atoms with Gasteiger partial charge in [0.2, 0.25) is 11.8 Å². The molecule has 3 heterocycles. The molecule has 2 aromatic carbocycles. The lowest BCUT2D eigenvalue weighted by Crippen LogP contribution is -2.64. The molecule has 0 saturated carbocycles. The van der Waals surface area contributed by atoms with E-state index in [0.29, 0.717) is 31.4 Å². The zero-order valence-corrected chi connectivity index (χ0v) is 32.1. The van der Waals surface area contributed by atoms with Crippen LogP contribution in [-0.2, 0) is 40.3 Å². The molecule has 0 spiro atoms. The Kier molecular flexibility index (Phi) is 14.5. The molecular formula is C38H46N8O6S2. The summed E-state index contributed by atoms with van der Waals surface area (Å²) in [5.41, 5.74) is 4.36. The molecule has 286 valence electrons. The van der Waals surface area contributed by atoms with Crippen molar-refractivity contribution in [2.75, 3.05) is 13.6 Å². The van der Waals surface area contributed by atoms with Crippen LogP contribution in [0.3, 0.4) is 0 Å². The molecule has 0 radical (unpaired) electrons. The number of thiazole rings is 2. The third-order valence-electron chi connectivity index (χ3n) is 8.84. The Morgan fingerprint density at radius 3 is 2.15 bits per heavy atom. The van der Waals surface area contributed by atoms with Gasteiger partial charge >= 0.3 is 18.2 Å². The molecule has 2 aromatic heterocycles. The quantitative estimate of drug-likeness (QED) is 0.102. The van der Waals surface area contributed by atoms with Gasteiger partial charge in [0.25, 0.3) is 0 Å². The Morgan fingerprint density at radius 1 is 0.926 bits per heavy atom. The second-order valence-electron chi connectivity index (χ2n) is 13.5. The maximum atomic E-state index is 14.2. The Morgan fingerprint density at radius 2 is 1.57 bits per heavy atom. The van der Waals surface area contributed by atoms with Crippen LogP contribution in [0.5, 0.6) is 0 Å². The van der Waals surface area contributed by atoms with E-state index in [-0.39, 0.29) is 31.7 Å². The number of benzene rings is 2. The van der Waals surface area contributed by atoms with Crippen molar-refractivity contribution >= 4 is 52.6 Å².